The molecular weight excluding hydrogens is 387 g/mol. The first-order valence-electron chi connectivity index (χ1n) is 8.54. The van der Waals surface area contributed by atoms with Gasteiger partial charge in [-0.1, -0.05) is 30.3 Å². The fourth-order valence-corrected chi connectivity index (χ4v) is 4.02. The lowest BCUT2D eigenvalue weighted by Crippen LogP contribution is -2.03. The summed E-state index contributed by atoms with van der Waals surface area (Å²) >= 11 is 0.703. The van der Waals surface area contributed by atoms with Crippen molar-refractivity contribution in [2.45, 2.75) is 19.4 Å². The molecular formula is C21H16F3NO2S. The highest BCUT2D eigenvalue weighted by Gasteiger charge is 2.36. The summed E-state index contributed by atoms with van der Waals surface area (Å²) in [6.07, 6.45) is -4.42. The molecule has 0 spiro atoms. The van der Waals surface area contributed by atoms with Crippen LogP contribution in [0.25, 0.3) is 22.0 Å². The number of hydrogen-bond acceptors (Lipinski definition) is 3. The van der Waals surface area contributed by atoms with Gasteiger partial charge in [-0.2, -0.15) is 13.2 Å². The summed E-state index contributed by atoms with van der Waals surface area (Å²) in [5, 5.41) is 10.1. The van der Waals surface area contributed by atoms with Gasteiger partial charge in [-0.3, -0.25) is 0 Å². The number of alkyl halides is 3. The van der Waals surface area contributed by atoms with Crippen molar-refractivity contribution in [2.24, 2.45) is 0 Å². The molecule has 0 aliphatic rings. The second-order valence-corrected chi connectivity index (χ2v) is 7.45. The fourth-order valence-electron chi connectivity index (χ4n) is 3.06. The number of H-pyrrole nitrogens is 1. The Morgan fingerprint density at radius 3 is 2.50 bits per heavy atom. The Morgan fingerprint density at radius 1 is 1.00 bits per heavy atom. The fraction of sp³-hybridized carbons (Fsp3) is 0.143. The van der Waals surface area contributed by atoms with Crippen LogP contribution in [0.3, 0.4) is 0 Å². The minimum Gasteiger partial charge on any atom is -0.488 e. The van der Waals surface area contributed by atoms with Crippen molar-refractivity contribution in [2.75, 3.05) is 0 Å². The number of thiophene rings is 1. The maximum atomic E-state index is 13.5. The molecule has 2 heterocycles. The Hall–Kier alpha value is -2.77. The summed E-state index contributed by atoms with van der Waals surface area (Å²) in [5.41, 5.74) is 2.25. The average Bonchev–Trinajstić information content (AvgIpc) is 3.30. The monoisotopic (exact) mass is 403 g/mol. The molecule has 0 saturated heterocycles. The topological polar surface area (TPSA) is 45.2 Å². The summed E-state index contributed by atoms with van der Waals surface area (Å²) in [4.78, 5) is 2.94. The van der Waals surface area contributed by atoms with Gasteiger partial charge in [-0.15, -0.1) is 11.3 Å². The number of hydrogen-bond donors (Lipinski definition) is 2. The summed E-state index contributed by atoms with van der Waals surface area (Å²) in [6.45, 7) is -0.0497. The zero-order valence-corrected chi connectivity index (χ0v) is 15.4. The number of rotatable bonds is 5. The first kappa shape index (κ1) is 18.6. The number of nitrogens with one attached hydrogen (secondary N) is 1. The van der Waals surface area contributed by atoms with Crippen LogP contribution in [0.15, 0.2) is 60.7 Å². The lowest BCUT2D eigenvalue weighted by atomic mass is 10.1. The van der Waals surface area contributed by atoms with E-state index in [1.54, 1.807) is 48.5 Å². The van der Waals surface area contributed by atoms with E-state index in [0.717, 1.165) is 10.9 Å². The Kier molecular flexibility index (Phi) is 4.87. The molecule has 3 nitrogen and oxygen atoms in total. The van der Waals surface area contributed by atoms with Gasteiger partial charge in [0.05, 0.1) is 6.61 Å². The third-order valence-corrected chi connectivity index (χ3v) is 5.48. The van der Waals surface area contributed by atoms with Gasteiger partial charge < -0.3 is 14.8 Å². The summed E-state index contributed by atoms with van der Waals surface area (Å²) in [6, 6.07) is 17.2. The predicted molar refractivity (Wildman–Crippen MR) is 103 cm³/mol. The molecule has 0 bridgehead atoms. The van der Waals surface area contributed by atoms with Gasteiger partial charge >= 0.3 is 6.18 Å². The van der Waals surface area contributed by atoms with E-state index in [9.17, 15) is 18.3 Å². The van der Waals surface area contributed by atoms with E-state index in [1.165, 1.54) is 0 Å². The predicted octanol–water partition coefficient (Wildman–Crippen LogP) is 5.99. The first-order valence-corrected chi connectivity index (χ1v) is 9.36. The van der Waals surface area contributed by atoms with Gasteiger partial charge in [0.25, 0.3) is 0 Å². The molecule has 28 heavy (non-hydrogen) atoms. The maximum absolute atomic E-state index is 13.5. The van der Waals surface area contributed by atoms with Crippen molar-refractivity contribution in [3.8, 4) is 16.9 Å². The third kappa shape index (κ3) is 3.76. The van der Waals surface area contributed by atoms with Crippen LogP contribution in [0, 0.1) is 0 Å². The van der Waals surface area contributed by atoms with Crippen LogP contribution in [0.5, 0.6) is 5.75 Å². The van der Waals surface area contributed by atoms with E-state index in [2.05, 4.69) is 4.98 Å². The second-order valence-electron chi connectivity index (χ2n) is 6.31. The minimum absolute atomic E-state index is 0.0450. The molecule has 2 aromatic carbocycles. The molecule has 0 radical (unpaired) electrons. The van der Waals surface area contributed by atoms with E-state index in [-0.39, 0.29) is 18.8 Å². The number of ether oxygens (including phenoxy) is 1. The molecule has 0 unspecified atom stereocenters. The van der Waals surface area contributed by atoms with Crippen molar-refractivity contribution in [3.05, 3.63) is 76.1 Å². The Bertz CT molecular complexity index is 1100. The number of aliphatic hydroxyl groups excluding tert-OH is 1. The number of aromatic amines is 1. The molecule has 0 aliphatic carbocycles. The van der Waals surface area contributed by atoms with E-state index < -0.39 is 11.1 Å². The maximum Gasteiger partial charge on any atom is 0.426 e. The van der Waals surface area contributed by atoms with E-state index >= 15 is 0 Å². The van der Waals surface area contributed by atoms with Crippen molar-refractivity contribution in [1.29, 1.82) is 0 Å². The van der Waals surface area contributed by atoms with Gasteiger partial charge in [0.2, 0.25) is 0 Å². The molecule has 0 fully saturated rings. The summed E-state index contributed by atoms with van der Waals surface area (Å²) in [7, 11) is 0. The van der Waals surface area contributed by atoms with E-state index in [4.69, 9.17) is 4.74 Å². The van der Waals surface area contributed by atoms with Crippen molar-refractivity contribution >= 4 is 22.2 Å². The van der Waals surface area contributed by atoms with Crippen LogP contribution in [-0.4, -0.2) is 10.1 Å². The minimum atomic E-state index is -4.42. The van der Waals surface area contributed by atoms with Crippen LogP contribution >= 0.6 is 11.3 Å². The highest BCUT2D eigenvalue weighted by atomic mass is 32.1. The number of aliphatic hydroxyl groups is 1. The van der Waals surface area contributed by atoms with Gasteiger partial charge in [0, 0.05) is 27.0 Å². The Labute approximate surface area is 163 Å². The normalized spacial score (nSPS) is 11.9. The van der Waals surface area contributed by atoms with Crippen molar-refractivity contribution in [3.63, 3.8) is 0 Å². The average molecular weight is 403 g/mol. The highest BCUT2D eigenvalue weighted by molar-refractivity contribution is 7.12. The molecule has 0 atom stereocenters. The van der Waals surface area contributed by atoms with Crippen LogP contribution < -0.4 is 4.74 Å². The highest BCUT2D eigenvalue weighted by Crippen LogP contribution is 2.43. The zero-order valence-electron chi connectivity index (χ0n) is 14.6. The zero-order chi connectivity index (χ0) is 19.7. The largest absolute Gasteiger partial charge is 0.488 e. The van der Waals surface area contributed by atoms with Gasteiger partial charge in [0.15, 0.2) is 0 Å². The van der Waals surface area contributed by atoms with E-state index in [1.807, 2.05) is 12.1 Å². The molecule has 144 valence electrons. The van der Waals surface area contributed by atoms with Crippen molar-refractivity contribution in [1.82, 2.24) is 4.98 Å². The number of fused-ring (bicyclic) bond motifs is 1. The molecule has 2 N–H and O–H groups in total. The number of aromatic nitrogens is 1. The molecule has 0 aliphatic heterocycles. The number of benzene rings is 2. The quantitative estimate of drug-likeness (QED) is 0.430. The first-order chi connectivity index (χ1) is 13.4. The summed E-state index contributed by atoms with van der Waals surface area (Å²) < 4.78 is 46.1. The Morgan fingerprint density at radius 2 is 1.79 bits per heavy atom. The van der Waals surface area contributed by atoms with Gasteiger partial charge in [0.1, 0.15) is 17.2 Å². The molecule has 4 aromatic rings. The molecule has 7 heteroatoms. The van der Waals surface area contributed by atoms with Crippen LogP contribution in [0.1, 0.15) is 15.4 Å². The second kappa shape index (κ2) is 7.33. The van der Waals surface area contributed by atoms with Gasteiger partial charge in [-0.05, 0) is 35.9 Å². The molecule has 0 saturated carbocycles. The van der Waals surface area contributed by atoms with Crippen LogP contribution in [0.4, 0.5) is 13.2 Å². The van der Waals surface area contributed by atoms with Gasteiger partial charge in [-0.25, -0.2) is 0 Å². The van der Waals surface area contributed by atoms with Crippen molar-refractivity contribution < 1.29 is 23.0 Å². The van der Waals surface area contributed by atoms with Crippen LogP contribution in [-0.2, 0) is 19.4 Å². The lowest BCUT2D eigenvalue weighted by molar-refractivity contribution is -0.133. The smallest absolute Gasteiger partial charge is 0.426 e. The van der Waals surface area contributed by atoms with E-state index in [0.29, 0.717) is 33.2 Å². The molecule has 2 aromatic heterocycles. The van der Waals surface area contributed by atoms with Crippen LogP contribution in [0.2, 0.25) is 0 Å². The standard InChI is InChI=1S/C21H16F3NO2S/c22-21(23,24)20-18(13-4-2-1-3-5-13)10-17(28-20)12-27-16-6-7-19-14(9-16)8-15(11-26)25-19/h1-10,25-26H,11-12H2. The summed E-state index contributed by atoms with van der Waals surface area (Å²) in [5.74, 6) is 0.555. The molecule has 4 rings (SSSR count). The number of halogens is 3. The Balaban J connectivity index is 1.59. The lowest BCUT2D eigenvalue weighted by Gasteiger charge is -2.07. The molecule has 0 amide bonds. The third-order valence-electron chi connectivity index (χ3n) is 4.32. The SMILES string of the molecule is OCc1cc2cc(OCc3cc(-c4ccccc4)c(C(F)(F)F)s3)ccc2[nH]1.